The fourth-order valence-corrected chi connectivity index (χ4v) is 3.60. The van der Waals surface area contributed by atoms with Crippen molar-refractivity contribution in [2.45, 2.75) is 13.7 Å². The molecular weight excluding hydrogens is 483 g/mol. The summed E-state index contributed by atoms with van der Waals surface area (Å²) in [6, 6.07) is 6.53. The average Bonchev–Trinajstić information content (AvgIpc) is 3.49. The van der Waals surface area contributed by atoms with E-state index in [1.807, 2.05) is 6.92 Å². The molecule has 4 aromatic rings. The number of aryl methyl sites for hydroxylation is 2. The fourth-order valence-electron chi connectivity index (χ4n) is 3.09. The molecule has 0 saturated heterocycles. The zero-order chi connectivity index (χ0) is 24.4. The van der Waals surface area contributed by atoms with E-state index in [4.69, 9.17) is 27.9 Å². The van der Waals surface area contributed by atoms with Crippen molar-refractivity contribution in [2.24, 2.45) is 14.1 Å². The molecule has 0 unspecified atom stereocenters. The topological polar surface area (TPSA) is 121 Å². The predicted octanol–water partition coefficient (Wildman–Crippen LogP) is 3.51. The third-order valence-corrected chi connectivity index (χ3v) is 5.61. The summed E-state index contributed by atoms with van der Waals surface area (Å²) >= 11 is 12.2. The largest absolute Gasteiger partial charge is 0.468 e. The first kappa shape index (κ1) is 23.3. The minimum atomic E-state index is -0.519. The van der Waals surface area contributed by atoms with Crippen molar-refractivity contribution in [1.29, 1.82) is 0 Å². The van der Waals surface area contributed by atoms with Crippen LogP contribution in [0.2, 0.25) is 10.0 Å². The maximum absolute atomic E-state index is 12.9. The summed E-state index contributed by atoms with van der Waals surface area (Å²) in [5.74, 6) is -0.640. The van der Waals surface area contributed by atoms with Gasteiger partial charge in [0.05, 0.1) is 39.5 Å². The number of para-hydroxylation sites is 1. The Morgan fingerprint density at radius 1 is 0.971 bits per heavy atom. The lowest BCUT2D eigenvalue weighted by Gasteiger charge is -2.09. The van der Waals surface area contributed by atoms with Crippen LogP contribution in [-0.2, 0) is 20.8 Å². The first-order valence-electron chi connectivity index (χ1n) is 9.98. The molecule has 1 aromatic carbocycles. The van der Waals surface area contributed by atoms with Crippen LogP contribution in [-0.4, -0.2) is 41.2 Å². The van der Waals surface area contributed by atoms with Gasteiger partial charge in [-0.05, 0) is 25.1 Å². The fraction of sp³-hybridized carbons (Fsp3) is 0.190. The number of rotatable bonds is 7. The SMILES string of the molecule is Cc1c(NC(=O)c2c(NC(=O)c3ccn(COc4c(Cl)cccc4Cl)n3)cnn2C)cnn1C. The molecule has 0 fully saturated rings. The van der Waals surface area contributed by atoms with Gasteiger partial charge < -0.3 is 15.4 Å². The Morgan fingerprint density at radius 2 is 1.62 bits per heavy atom. The summed E-state index contributed by atoms with van der Waals surface area (Å²) in [4.78, 5) is 25.6. The zero-order valence-corrected chi connectivity index (χ0v) is 19.9. The predicted molar refractivity (Wildman–Crippen MR) is 126 cm³/mol. The molecule has 2 amide bonds. The number of hydrogen-bond donors (Lipinski definition) is 2. The highest BCUT2D eigenvalue weighted by atomic mass is 35.5. The van der Waals surface area contributed by atoms with E-state index in [0.29, 0.717) is 21.5 Å². The van der Waals surface area contributed by atoms with Crippen LogP contribution >= 0.6 is 23.2 Å². The number of nitrogens with zero attached hydrogens (tertiary/aromatic N) is 6. The standard InChI is InChI=1S/C21H20Cl2N8O3/c1-12-16(9-24-29(12)2)26-21(33)18-17(10-25-30(18)3)27-20(32)15-7-8-31(28-15)11-34-19-13(22)5-4-6-14(19)23/h4-10H,11H2,1-3H3,(H,26,33)(H,27,32). The van der Waals surface area contributed by atoms with Gasteiger partial charge >= 0.3 is 0 Å². The first-order valence-corrected chi connectivity index (χ1v) is 10.7. The van der Waals surface area contributed by atoms with Gasteiger partial charge in [-0.2, -0.15) is 15.3 Å². The van der Waals surface area contributed by atoms with Gasteiger partial charge in [0.2, 0.25) is 0 Å². The van der Waals surface area contributed by atoms with Crippen molar-refractivity contribution in [3.05, 3.63) is 70.0 Å². The molecule has 0 spiro atoms. The van der Waals surface area contributed by atoms with E-state index < -0.39 is 11.8 Å². The van der Waals surface area contributed by atoms with Crippen LogP contribution in [0.3, 0.4) is 0 Å². The number of anilines is 2. The second-order valence-electron chi connectivity index (χ2n) is 7.27. The van der Waals surface area contributed by atoms with Gasteiger partial charge in [0.1, 0.15) is 5.69 Å². The van der Waals surface area contributed by atoms with Gasteiger partial charge in [0, 0.05) is 20.3 Å². The molecule has 34 heavy (non-hydrogen) atoms. The summed E-state index contributed by atoms with van der Waals surface area (Å²) in [6.07, 6.45) is 4.51. The Morgan fingerprint density at radius 3 is 2.29 bits per heavy atom. The van der Waals surface area contributed by atoms with Gasteiger partial charge in [0.25, 0.3) is 11.8 Å². The lowest BCUT2D eigenvalue weighted by atomic mass is 10.3. The number of ether oxygens (including phenoxy) is 1. The molecule has 0 bridgehead atoms. The van der Waals surface area contributed by atoms with Crippen LogP contribution in [0.1, 0.15) is 26.7 Å². The monoisotopic (exact) mass is 502 g/mol. The molecule has 3 aromatic heterocycles. The highest BCUT2D eigenvalue weighted by Crippen LogP contribution is 2.32. The van der Waals surface area contributed by atoms with Crippen molar-refractivity contribution < 1.29 is 14.3 Å². The molecule has 4 rings (SSSR count). The molecule has 11 nitrogen and oxygen atoms in total. The Balaban J connectivity index is 1.44. The number of carbonyl (C=O) groups excluding carboxylic acids is 2. The highest BCUT2D eigenvalue weighted by Gasteiger charge is 2.21. The average molecular weight is 503 g/mol. The van der Waals surface area contributed by atoms with E-state index in [9.17, 15) is 9.59 Å². The molecule has 3 heterocycles. The van der Waals surface area contributed by atoms with Crippen LogP contribution in [0, 0.1) is 6.92 Å². The molecule has 0 atom stereocenters. The van der Waals surface area contributed by atoms with Crippen LogP contribution < -0.4 is 15.4 Å². The Hall–Kier alpha value is -3.83. The summed E-state index contributed by atoms with van der Waals surface area (Å²) in [5, 5.41) is 18.6. The van der Waals surface area contributed by atoms with Crippen molar-refractivity contribution in [3.8, 4) is 5.75 Å². The van der Waals surface area contributed by atoms with Gasteiger partial charge in [-0.1, -0.05) is 29.3 Å². The number of aromatic nitrogens is 6. The Bertz CT molecular complexity index is 1350. The second-order valence-corrected chi connectivity index (χ2v) is 8.09. The van der Waals surface area contributed by atoms with E-state index in [0.717, 1.165) is 5.69 Å². The van der Waals surface area contributed by atoms with E-state index in [1.54, 1.807) is 49.4 Å². The molecular formula is C21H20Cl2N8O3. The quantitative estimate of drug-likeness (QED) is 0.398. The number of benzene rings is 1. The maximum Gasteiger partial charge on any atom is 0.276 e. The van der Waals surface area contributed by atoms with E-state index in [1.165, 1.54) is 21.6 Å². The molecule has 0 aliphatic rings. The molecule has 13 heteroatoms. The maximum atomic E-state index is 12.9. The van der Waals surface area contributed by atoms with Crippen LogP contribution in [0.15, 0.2) is 42.9 Å². The van der Waals surface area contributed by atoms with Crippen LogP contribution in [0.25, 0.3) is 0 Å². The molecule has 176 valence electrons. The first-order chi connectivity index (χ1) is 16.2. The molecule has 0 radical (unpaired) electrons. The van der Waals surface area contributed by atoms with E-state index in [-0.39, 0.29) is 23.8 Å². The number of nitrogens with one attached hydrogen (secondary N) is 2. The lowest BCUT2D eigenvalue weighted by molar-refractivity contribution is 0.101. The highest BCUT2D eigenvalue weighted by molar-refractivity contribution is 6.37. The molecule has 0 aliphatic carbocycles. The van der Waals surface area contributed by atoms with E-state index >= 15 is 0 Å². The third-order valence-electron chi connectivity index (χ3n) is 5.02. The minimum Gasteiger partial charge on any atom is -0.468 e. The minimum absolute atomic E-state index is 0.0122. The lowest BCUT2D eigenvalue weighted by Crippen LogP contribution is -2.21. The normalized spacial score (nSPS) is 10.9. The molecule has 0 aliphatic heterocycles. The van der Waals surface area contributed by atoms with Crippen LogP contribution in [0.4, 0.5) is 11.4 Å². The smallest absolute Gasteiger partial charge is 0.276 e. The van der Waals surface area contributed by atoms with Crippen molar-refractivity contribution >= 4 is 46.4 Å². The van der Waals surface area contributed by atoms with E-state index in [2.05, 4.69) is 25.9 Å². The van der Waals surface area contributed by atoms with Crippen molar-refractivity contribution in [2.75, 3.05) is 10.6 Å². The van der Waals surface area contributed by atoms with Gasteiger partial charge in [-0.15, -0.1) is 0 Å². The Kier molecular flexibility index (Phi) is 6.57. The summed E-state index contributed by atoms with van der Waals surface area (Å²) in [6.45, 7) is 1.82. The summed E-state index contributed by atoms with van der Waals surface area (Å²) in [5.41, 5.74) is 1.87. The second kappa shape index (κ2) is 9.57. The summed E-state index contributed by atoms with van der Waals surface area (Å²) < 4.78 is 10.0. The van der Waals surface area contributed by atoms with Crippen LogP contribution in [0.5, 0.6) is 5.75 Å². The number of carbonyl (C=O) groups is 2. The summed E-state index contributed by atoms with van der Waals surface area (Å²) in [7, 11) is 3.38. The van der Waals surface area contributed by atoms with Gasteiger partial charge in [-0.25, -0.2) is 4.68 Å². The van der Waals surface area contributed by atoms with Gasteiger partial charge in [0.15, 0.2) is 18.2 Å². The number of amides is 2. The van der Waals surface area contributed by atoms with Crippen molar-refractivity contribution in [3.63, 3.8) is 0 Å². The zero-order valence-electron chi connectivity index (χ0n) is 18.4. The number of halogens is 2. The third kappa shape index (κ3) is 4.75. The molecule has 2 N–H and O–H groups in total. The van der Waals surface area contributed by atoms with Crippen molar-refractivity contribution in [1.82, 2.24) is 29.3 Å². The number of hydrogen-bond acceptors (Lipinski definition) is 6. The molecule has 0 saturated carbocycles. The Labute approximate surface area is 204 Å². The van der Waals surface area contributed by atoms with Gasteiger partial charge in [-0.3, -0.25) is 19.0 Å².